The summed E-state index contributed by atoms with van der Waals surface area (Å²) in [6.07, 6.45) is 2.55. The van der Waals surface area contributed by atoms with Crippen molar-refractivity contribution < 1.29 is 19.1 Å². The van der Waals surface area contributed by atoms with Crippen LogP contribution in [0.2, 0.25) is 10.0 Å². The van der Waals surface area contributed by atoms with E-state index in [1.807, 2.05) is 13.8 Å². The van der Waals surface area contributed by atoms with Crippen LogP contribution in [0.3, 0.4) is 0 Å². The lowest BCUT2D eigenvalue weighted by molar-refractivity contribution is -0.111. The fourth-order valence-electron chi connectivity index (χ4n) is 2.92. The number of hydrogen-bond donors (Lipinski definition) is 1. The van der Waals surface area contributed by atoms with E-state index >= 15 is 0 Å². The molecule has 9 heteroatoms. The summed E-state index contributed by atoms with van der Waals surface area (Å²) in [5.41, 5.74) is 1.37. The van der Waals surface area contributed by atoms with Gasteiger partial charge in [-0.15, -0.1) is 11.3 Å². The van der Waals surface area contributed by atoms with E-state index < -0.39 is 11.9 Å². The summed E-state index contributed by atoms with van der Waals surface area (Å²) in [5, 5.41) is 3.78. The van der Waals surface area contributed by atoms with Gasteiger partial charge in [0.2, 0.25) is 5.91 Å². The van der Waals surface area contributed by atoms with E-state index in [0.29, 0.717) is 39.1 Å². The molecule has 0 aliphatic carbocycles. The SMILES string of the molecule is CCN(CC)C(=O)c1sc(NC(=O)/C=C/c2ccc(Cl)c(Cl)c2)c(C(=O)OC(C)C)c1C. The molecule has 1 aromatic heterocycles. The van der Waals surface area contributed by atoms with Gasteiger partial charge >= 0.3 is 5.97 Å². The van der Waals surface area contributed by atoms with Gasteiger partial charge in [-0.05, 0) is 64.0 Å². The topological polar surface area (TPSA) is 75.7 Å². The minimum atomic E-state index is -0.587. The second-order valence-corrected chi connectivity index (χ2v) is 9.02. The average molecular weight is 497 g/mol. The second kappa shape index (κ2) is 11.5. The van der Waals surface area contributed by atoms with Crippen molar-refractivity contribution in [3.8, 4) is 0 Å². The fourth-order valence-corrected chi connectivity index (χ4v) is 4.39. The number of esters is 1. The summed E-state index contributed by atoms with van der Waals surface area (Å²) in [5.74, 6) is -1.24. The number of halogens is 2. The number of nitrogens with one attached hydrogen (secondary N) is 1. The molecule has 0 spiro atoms. The van der Waals surface area contributed by atoms with Gasteiger partial charge < -0.3 is 15.0 Å². The molecule has 0 radical (unpaired) electrons. The summed E-state index contributed by atoms with van der Waals surface area (Å²) in [6.45, 7) is 9.99. The molecule has 2 rings (SSSR count). The van der Waals surface area contributed by atoms with Crippen LogP contribution >= 0.6 is 34.5 Å². The maximum absolute atomic E-state index is 12.9. The normalized spacial score (nSPS) is 11.1. The number of carbonyl (C=O) groups excluding carboxylic acids is 3. The number of rotatable bonds is 8. The monoisotopic (exact) mass is 496 g/mol. The molecular formula is C23H26Cl2N2O4S. The summed E-state index contributed by atoms with van der Waals surface area (Å²) in [6, 6.07) is 4.99. The highest BCUT2D eigenvalue weighted by atomic mass is 35.5. The van der Waals surface area contributed by atoms with Gasteiger partial charge in [0.15, 0.2) is 0 Å². The van der Waals surface area contributed by atoms with Gasteiger partial charge in [0.25, 0.3) is 5.91 Å². The summed E-state index contributed by atoms with van der Waals surface area (Å²) in [4.78, 5) is 40.3. The standard InChI is InChI=1S/C23H26Cl2N2O4S/c1-6-27(7-2)22(29)20-14(5)19(23(30)31-13(3)4)21(32-20)26-18(28)11-9-15-8-10-16(24)17(25)12-15/h8-13H,6-7H2,1-5H3,(H,26,28)/b11-9+. The first-order valence-electron chi connectivity index (χ1n) is 10.2. The second-order valence-electron chi connectivity index (χ2n) is 7.19. The third-order valence-corrected chi connectivity index (χ3v) is 6.48. The van der Waals surface area contributed by atoms with Crippen molar-refractivity contribution in [2.45, 2.75) is 40.7 Å². The minimum Gasteiger partial charge on any atom is -0.459 e. The summed E-state index contributed by atoms with van der Waals surface area (Å²) in [7, 11) is 0. The zero-order valence-electron chi connectivity index (χ0n) is 18.6. The number of benzene rings is 1. The highest BCUT2D eigenvalue weighted by Crippen LogP contribution is 2.35. The van der Waals surface area contributed by atoms with Gasteiger partial charge in [-0.1, -0.05) is 29.3 Å². The molecule has 0 aliphatic heterocycles. The minimum absolute atomic E-state index is 0.190. The first-order valence-corrected chi connectivity index (χ1v) is 11.7. The van der Waals surface area contributed by atoms with Gasteiger partial charge in [-0.3, -0.25) is 9.59 Å². The Hall–Kier alpha value is -2.35. The van der Waals surface area contributed by atoms with Crippen LogP contribution in [0.1, 0.15) is 58.9 Å². The number of amides is 2. The Balaban J connectivity index is 2.37. The van der Waals surface area contributed by atoms with Crippen molar-refractivity contribution in [3.63, 3.8) is 0 Å². The molecule has 0 bridgehead atoms. The van der Waals surface area contributed by atoms with E-state index in [-0.39, 0.29) is 22.6 Å². The quantitative estimate of drug-likeness (QED) is 0.355. The number of carbonyl (C=O) groups is 3. The molecule has 0 atom stereocenters. The zero-order valence-corrected chi connectivity index (χ0v) is 21.0. The van der Waals surface area contributed by atoms with Gasteiger partial charge in [0.1, 0.15) is 5.00 Å². The smallest absolute Gasteiger partial charge is 0.341 e. The van der Waals surface area contributed by atoms with Crippen molar-refractivity contribution in [2.24, 2.45) is 0 Å². The Labute approximate surface area is 202 Å². The van der Waals surface area contributed by atoms with Gasteiger partial charge in [0, 0.05) is 19.2 Å². The van der Waals surface area contributed by atoms with Crippen LogP contribution in [0.5, 0.6) is 0 Å². The molecule has 0 fully saturated rings. The van der Waals surface area contributed by atoms with Crippen molar-refractivity contribution in [2.75, 3.05) is 18.4 Å². The van der Waals surface area contributed by atoms with E-state index in [0.717, 1.165) is 11.3 Å². The molecule has 0 saturated heterocycles. The van der Waals surface area contributed by atoms with Crippen LogP contribution in [0, 0.1) is 6.92 Å². The molecule has 2 amide bonds. The van der Waals surface area contributed by atoms with E-state index in [1.54, 1.807) is 49.9 Å². The fraction of sp³-hybridized carbons (Fsp3) is 0.348. The summed E-state index contributed by atoms with van der Waals surface area (Å²) >= 11 is 13.0. The van der Waals surface area contributed by atoms with Crippen molar-refractivity contribution in [3.05, 3.63) is 55.9 Å². The average Bonchev–Trinajstić information content (AvgIpc) is 3.05. The van der Waals surface area contributed by atoms with Gasteiger partial charge in [-0.2, -0.15) is 0 Å². The molecule has 1 heterocycles. The lowest BCUT2D eigenvalue weighted by Crippen LogP contribution is -2.30. The Kier molecular flexibility index (Phi) is 9.31. The summed E-state index contributed by atoms with van der Waals surface area (Å²) < 4.78 is 5.35. The third kappa shape index (κ3) is 6.34. The molecule has 0 unspecified atom stereocenters. The van der Waals surface area contributed by atoms with E-state index in [1.165, 1.54) is 6.08 Å². The van der Waals surface area contributed by atoms with E-state index in [4.69, 9.17) is 27.9 Å². The van der Waals surface area contributed by atoms with E-state index in [9.17, 15) is 14.4 Å². The number of hydrogen-bond acceptors (Lipinski definition) is 5. The Morgan fingerprint density at radius 1 is 1.16 bits per heavy atom. The van der Waals surface area contributed by atoms with Crippen LogP contribution in [0.25, 0.3) is 6.08 Å². The molecule has 0 aliphatic rings. The largest absolute Gasteiger partial charge is 0.459 e. The van der Waals surface area contributed by atoms with Crippen LogP contribution in [-0.4, -0.2) is 41.9 Å². The van der Waals surface area contributed by atoms with Crippen molar-refractivity contribution in [1.82, 2.24) is 4.90 Å². The van der Waals surface area contributed by atoms with E-state index in [2.05, 4.69) is 5.32 Å². The lowest BCUT2D eigenvalue weighted by Gasteiger charge is -2.18. The first kappa shape index (κ1) is 25.9. The van der Waals surface area contributed by atoms with Crippen LogP contribution in [-0.2, 0) is 9.53 Å². The molecule has 1 N–H and O–H groups in total. The lowest BCUT2D eigenvalue weighted by atomic mass is 10.1. The van der Waals surface area contributed by atoms with Crippen molar-refractivity contribution in [1.29, 1.82) is 0 Å². The highest BCUT2D eigenvalue weighted by Gasteiger charge is 2.28. The highest BCUT2D eigenvalue weighted by molar-refractivity contribution is 7.18. The first-order chi connectivity index (χ1) is 15.1. The maximum atomic E-state index is 12.9. The number of anilines is 1. The third-order valence-electron chi connectivity index (χ3n) is 4.55. The Bertz CT molecular complexity index is 1040. The molecule has 6 nitrogen and oxygen atoms in total. The van der Waals surface area contributed by atoms with Crippen LogP contribution in [0.4, 0.5) is 5.00 Å². The molecule has 172 valence electrons. The number of ether oxygens (including phenoxy) is 1. The Morgan fingerprint density at radius 2 is 1.81 bits per heavy atom. The number of thiophene rings is 1. The molecule has 32 heavy (non-hydrogen) atoms. The van der Waals surface area contributed by atoms with Crippen LogP contribution < -0.4 is 5.32 Å². The number of nitrogens with zero attached hydrogens (tertiary/aromatic N) is 1. The molecular weight excluding hydrogens is 471 g/mol. The Morgan fingerprint density at radius 3 is 2.38 bits per heavy atom. The molecule has 0 saturated carbocycles. The predicted molar refractivity (Wildman–Crippen MR) is 131 cm³/mol. The predicted octanol–water partition coefficient (Wildman–Crippen LogP) is 6.06. The van der Waals surface area contributed by atoms with Crippen molar-refractivity contribution >= 4 is 63.4 Å². The zero-order chi connectivity index (χ0) is 24.0. The maximum Gasteiger partial charge on any atom is 0.341 e. The van der Waals surface area contributed by atoms with Gasteiger partial charge in [-0.25, -0.2) is 4.79 Å². The van der Waals surface area contributed by atoms with Gasteiger partial charge in [0.05, 0.1) is 26.6 Å². The molecule has 2 aromatic rings. The molecule has 1 aromatic carbocycles. The van der Waals surface area contributed by atoms with Crippen LogP contribution in [0.15, 0.2) is 24.3 Å².